The zero-order valence-electron chi connectivity index (χ0n) is 13.9. The Kier molecular flexibility index (Phi) is 4.32. The summed E-state index contributed by atoms with van der Waals surface area (Å²) in [5.74, 6) is 1.73. The molecule has 134 valence electrons. The van der Waals surface area contributed by atoms with Gasteiger partial charge >= 0.3 is 0 Å². The molecule has 2 aromatic heterocycles. The Bertz CT molecular complexity index is 954. The van der Waals surface area contributed by atoms with Crippen LogP contribution < -0.4 is 20.3 Å². The van der Waals surface area contributed by atoms with Gasteiger partial charge in [-0.25, -0.2) is 10.5 Å². The molecule has 0 unspecified atom stereocenters. The van der Waals surface area contributed by atoms with E-state index in [2.05, 4.69) is 5.32 Å². The number of ether oxygens (including phenoxy) is 2. The van der Waals surface area contributed by atoms with Crippen LogP contribution in [-0.4, -0.2) is 40.3 Å². The molecule has 1 aromatic carbocycles. The number of imidazole rings is 1. The van der Waals surface area contributed by atoms with Crippen molar-refractivity contribution < 1.29 is 19.5 Å². The Labute approximate surface area is 149 Å². The Morgan fingerprint density at radius 2 is 2.04 bits per heavy atom. The Morgan fingerprint density at radius 1 is 1.19 bits per heavy atom. The number of hydrogen-bond acceptors (Lipinski definition) is 6. The number of nitrogens with one attached hydrogen (secondary N) is 2. The van der Waals surface area contributed by atoms with Crippen molar-refractivity contribution in [3.63, 3.8) is 0 Å². The van der Waals surface area contributed by atoms with Gasteiger partial charge in [-0.1, -0.05) is 6.07 Å². The number of fused-ring (bicyclic) bond motifs is 2. The van der Waals surface area contributed by atoms with Crippen LogP contribution in [0.3, 0.4) is 0 Å². The molecule has 26 heavy (non-hydrogen) atoms. The molecule has 0 aliphatic carbocycles. The van der Waals surface area contributed by atoms with Crippen molar-refractivity contribution in [3.05, 3.63) is 42.6 Å². The monoisotopic (exact) mass is 354 g/mol. The fourth-order valence-electron chi connectivity index (χ4n) is 2.91. The summed E-state index contributed by atoms with van der Waals surface area (Å²) >= 11 is 0. The first-order valence-corrected chi connectivity index (χ1v) is 8.30. The number of amides is 1. The third-order valence-corrected chi connectivity index (χ3v) is 4.11. The van der Waals surface area contributed by atoms with E-state index in [0.717, 1.165) is 28.5 Å². The molecule has 0 fully saturated rings. The third kappa shape index (κ3) is 3.02. The molecule has 8 nitrogen and oxygen atoms in total. The zero-order valence-corrected chi connectivity index (χ0v) is 13.9. The molecule has 1 aliphatic rings. The zero-order chi connectivity index (χ0) is 17.9. The van der Waals surface area contributed by atoms with Gasteiger partial charge in [-0.05, 0) is 30.3 Å². The summed E-state index contributed by atoms with van der Waals surface area (Å²) in [6.07, 6.45) is 2.04. The molecule has 0 spiro atoms. The average molecular weight is 354 g/mol. The molecule has 1 aliphatic heterocycles. The summed E-state index contributed by atoms with van der Waals surface area (Å²) < 4.78 is 13.2. The first-order chi connectivity index (χ1) is 12.8. The molecule has 0 radical (unpaired) electrons. The van der Waals surface area contributed by atoms with Gasteiger partial charge in [0.15, 0.2) is 11.5 Å². The van der Waals surface area contributed by atoms with Gasteiger partial charge in [0.25, 0.3) is 0 Å². The van der Waals surface area contributed by atoms with E-state index in [1.165, 1.54) is 0 Å². The molecular weight excluding hydrogens is 336 g/mol. The maximum Gasteiger partial charge on any atom is 0.245 e. The highest BCUT2D eigenvalue weighted by Gasteiger charge is 2.18. The van der Waals surface area contributed by atoms with Crippen LogP contribution in [0.5, 0.6) is 11.5 Å². The fourth-order valence-corrected chi connectivity index (χ4v) is 2.91. The summed E-state index contributed by atoms with van der Waals surface area (Å²) in [5.41, 5.74) is 4.04. The molecule has 4 rings (SSSR count). The SMILES string of the molecule is O=C(CCNc1c(-c2ccc3c(c2)OCCO3)nc2ccccn12)NO. The van der Waals surface area contributed by atoms with E-state index in [1.54, 1.807) is 5.48 Å². The minimum absolute atomic E-state index is 0.136. The molecule has 3 N–H and O–H groups in total. The summed E-state index contributed by atoms with van der Waals surface area (Å²) in [7, 11) is 0. The lowest BCUT2D eigenvalue weighted by atomic mass is 10.1. The van der Waals surface area contributed by atoms with E-state index in [0.29, 0.717) is 25.5 Å². The number of nitrogens with zero attached hydrogens (tertiary/aromatic N) is 2. The quantitative estimate of drug-likeness (QED) is 0.479. The minimum atomic E-state index is -0.452. The van der Waals surface area contributed by atoms with Gasteiger partial charge < -0.3 is 14.8 Å². The van der Waals surface area contributed by atoms with Gasteiger partial charge in [-0.15, -0.1) is 0 Å². The number of pyridine rings is 1. The number of hydrogen-bond donors (Lipinski definition) is 3. The van der Waals surface area contributed by atoms with E-state index in [1.807, 2.05) is 47.0 Å². The van der Waals surface area contributed by atoms with Crippen molar-refractivity contribution in [1.29, 1.82) is 0 Å². The molecule has 3 aromatic rings. The van der Waals surface area contributed by atoms with Crippen LogP contribution in [0, 0.1) is 0 Å². The van der Waals surface area contributed by atoms with Crippen LogP contribution in [-0.2, 0) is 4.79 Å². The van der Waals surface area contributed by atoms with Gasteiger partial charge in [-0.2, -0.15) is 0 Å². The number of carbonyl (C=O) groups is 1. The minimum Gasteiger partial charge on any atom is -0.486 e. The van der Waals surface area contributed by atoms with Crippen LogP contribution in [0.15, 0.2) is 42.6 Å². The van der Waals surface area contributed by atoms with Crippen molar-refractivity contribution in [2.24, 2.45) is 0 Å². The van der Waals surface area contributed by atoms with Crippen LogP contribution in [0.25, 0.3) is 16.9 Å². The topological polar surface area (TPSA) is 97.1 Å². The van der Waals surface area contributed by atoms with E-state index >= 15 is 0 Å². The average Bonchev–Trinajstić information content (AvgIpc) is 3.06. The molecule has 0 saturated heterocycles. The molecule has 0 saturated carbocycles. The van der Waals surface area contributed by atoms with Gasteiger partial charge in [0, 0.05) is 24.7 Å². The predicted molar refractivity (Wildman–Crippen MR) is 94.7 cm³/mol. The normalized spacial score (nSPS) is 12.8. The first-order valence-electron chi connectivity index (χ1n) is 8.30. The highest BCUT2D eigenvalue weighted by molar-refractivity contribution is 5.79. The second kappa shape index (κ2) is 6.93. The van der Waals surface area contributed by atoms with E-state index in [9.17, 15) is 4.79 Å². The molecule has 0 atom stereocenters. The Morgan fingerprint density at radius 3 is 2.88 bits per heavy atom. The summed E-state index contributed by atoms with van der Waals surface area (Å²) in [4.78, 5) is 16.0. The number of aromatic nitrogens is 2. The van der Waals surface area contributed by atoms with Crippen LogP contribution in [0.4, 0.5) is 5.82 Å². The van der Waals surface area contributed by atoms with Gasteiger partial charge in [-0.3, -0.25) is 14.4 Å². The van der Waals surface area contributed by atoms with Gasteiger partial charge in [0.2, 0.25) is 5.91 Å². The van der Waals surface area contributed by atoms with Crippen molar-refractivity contribution in [3.8, 4) is 22.8 Å². The molecule has 0 bridgehead atoms. The van der Waals surface area contributed by atoms with Crippen LogP contribution >= 0.6 is 0 Å². The second-order valence-corrected chi connectivity index (χ2v) is 5.81. The molecule has 8 heteroatoms. The number of benzene rings is 1. The second-order valence-electron chi connectivity index (χ2n) is 5.81. The maximum absolute atomic E-state index is 11.3. The van der Waals surface area contributed by atoms with Crippen LogP contribution in [0.2, 0.25) is 0 Å². The van der Waals surface area contributed by atoms with Gasteiger partial charge in [0.1, 0.15) is 30.4 Å². The maximum atomic E-state index is 11.3. The van der Waals surface area contributed by atoms with Gasteiger partial charge in [0.05, 0.1) is 0 Å². The van der Waals surface area contributed by atoms with E-state index in [-0.39, 0.29) is 6.42 Å². The lowest BCUT2D eigenvalue weighted by Gasteiger charge is -2.18. The van der Waals surface area contributed by atoms with E-state index < -0.39 is 5.91 Å². The number of carbonyl (C=O) groups excluding carboxylic acids is 1. The lowest BCUT2D eigenvalue weighted by Crippen LogP contribution is -2.21. The standard InChI is InChI=1S/C18H18N4O4/c23-16(21-24)6-7-19-18-17(20-15-3-1-2-8-22(15)18)12-4-5-13-14(11-12)26-10-9-25-13/h1-5,8,11,19,24H,6-7,9-10H2,(H,21,23). The molecule has 1 amide bonds. The Balaban J connectivity index is 1.72. The number of rotatable bonds is 5. The highest BCUT2D eigenvalue weighted by atomic mass is 16.6. The van der Waals surface area contributed by atoms with E-state index in [4.69, 9.17) is 19.7 Å². The number of anilines is 1. The summed E-state index contributed by atoms with van der Waals surface area (Å²) in [6.45, 7) is 1.41. The first kappa shape index (κ1) is 16.2. The molecule has 3 heterocycles. The highest BCUT2D eigenvalue weighted by Crippen LogP contribution is 2.37. The van der Waals surface area contributed by atoms with Crippen molar-refractivity contribution in [2.75, 3.05) is 25.1 Å². The predicted octanol–water partition coefficient (Wildman–Crippen LogP) is 2.08. The van der Waals surface area contributed by atoms with Crippen molar-refractivity contribution in [2.45, 2.75) is 6.42 Å². The summed E-state index contributed by atoms with van der Waals surface area (Å²) in [6, 6.07) is 11.4. The van der Waals surface area contributed by atoms with Crippen LogP contribution in [0.1, 0.15) is 6.42 Å². The van der Waals surface area contributed by atoms with Crippen molar-refractivity contribution in [1.82, 2.24) is 14.9 Å². The largest absolute Gasteiger partial charge is 0.486 e. The smallest absolute Gasteiger partial charge is 0.245 e. The molecular formula is C18H18N4O4. The third-order valence-electron chi connectivity index (χ3n) is 4.11. The van der Waals surface area contributed by atoms with Crippen molar-refractivity contribution >= 4 is 17.4 Å². The Hall–Kier alpha value is -3.26. The fraction of sp³-hybridized carbons (Fsp3) is 0.222. The summed E-state index contributed by atoms with van der Waals surface area (Å²) in [5, 5.41) is 11.9. The lowest BCUT2D eigenvalue weighted by molar-refractivity contribution is -0.128. The number of hydroxylamine groups is 1.